The maximum atomic E-state index is 13.8. The average Bonchev–Trinajstić information content (AvgIpc) is 3.17. The van der Waals surface area contributed by atoms with Gasteiger partial charge >= 0.3 is 0 Å². The van der Waals surface area contributed by atoms with Crippen molar-refractivity contribution in [3.63, 3.8) is 0 Å². The largest absolute Gasteiger partial charge is 0.334 e. The van der Waals surface area contributed by atoms with Gasteiger partial charge in [0.15, 0.2) is 5.82 Å². The van der Waals surface area contributed by atoms with Crippen molar-refractivity contribution in [1.29, 1.82) is 0 Å². The fraction of sp³-hybridized carbons (Fsp3) is 0.500. The van der Waals surface area contributed by atoms with Gasteiger partial charge in [-0.1, -0.05) is 11.2 Å². The minimum Gasteiger partial charge on any atom is -0.334 e. The molecule has 2 aliphatic carbocycles. The van der Waals surface area contributed by atoms with Crippen LogP contribution >= 0.6 is 11.3 Å². The Bertz CT molecular complexity index is 885. The number of amides is 1. The fourth-order valence-corrected chi connectivity index (χ4v) is 4.80. The van der Waals surface area contributed by atoms with Gasteiger partial charge < -0.3 is 9.84 Å². The standard InChI is InChI=1S/C18H19F2N3O2S/c1-10-21-16(25-23-10)14-12-7-8-18(19,20)9-13(12)26-17(14)22-15(24)11-5-3-2-4-6-11/h5H,2-4,6-9H2,1H3,(H,22,24). The van der Waals surface area contributed by atoms with Gasteiger partial charge in [-0.2, -0.15) is 4.98 Å². The fourth-order valence-electron chi connectivity index (χ4n) is 3.49. The minimum atomic E-state index is -2.72. The van der Waals surface area contributed by atoms with Gasteiger partial charge in [-0.05, 0) is 44.6 Å². The Morgan fingerprint density at radius 2 is 2.19 bits per heavy atom. The third-order valence-electron chi connectivity index (χ3n) is 4.80. The molecule has 4 rings (SSSR count). The van der Waals surface area contributed by atoms with Crippen molar-refractivity contribution < 1.29 is 18.1 Å². The van der Waals surface area contributed by atoms with Crippen molar-refractivity contribution in [3.05, 3.63) is 27.9 Å². The summed E-state index contributed by atoms with van der Waals surface area (Å²) in [6.07, 6.45) is 5.37. The lowest BCUT2D eigenvalue weighted by Gasteiger charge is -2.21. The topological polar surface area (TPSA) is 68.0 Å². The number of nitrogens with zero attached hydrogens (tertiary/aromatic N) is 2. The number of fused-ring (bicyclic) bond motifs is 1. The second kappa shape index (κ2) is 6.57. The zero-order valence-corrected chi connectivity index (χ0v) is 15.2. The third kappa shape index (κ3) is 3.30. The Hall–Kier alpha value is -2.09. The van der Waals surface area contributed by atoms with E-state index in [0.717, 1.165) is 36.8 Å². The molecule has 2 heterocycles. The van der Waals surface area contributed by atoms with Crippen molar-refractivity contribution in [2.45, 2.75) is 57.8 Å². The van der Waals surface area contributed by atoms with E-state index in [4.69, 9.17) is 4.52 Å². The van der Waals surface area contributed by atoms with Gasteiger partial charge in [0.1, 0.15) is 5.00 Å². The number of thiophene rings is 1. The van der Waals surface area contributed by atoms with E-state index in [1.54, 1.807) is 6.92 Å². The van der Waals surface area contributed by atoms with Crippen LogP contribution in [-0.4, -0.2) is 22.0 Å². The molecule has 2 aliphatic rings. The normalized spacial score (nSPS) is 19.0. The first-order valence-electron chi connectivity index (χ1n) is 8.76. The summed E-state index contributed by atoms with van der Waals surface area (Å²) >= 11 is 1.19. The highest BCUT2D eigenvalue weighted by Crippen LogP contribution is 2.47. The number of aromatic nitrogens is 2. The molecule has 2 aromatic rings. The first kappa shape index (κ1) is 17.3. The SMILES string of the molecule is Cc1noc(-c2c(NC(=O)C3=CCCCC3)sc3c2CCC(F)(F)C3)n1. The van der Waals surface area contributed by atoms with Gasteiger partial charge in [-0.15, -0.1) is 11.3 Å². The monoisotopic (exact) mass is 379 g/mol. The zero-order chi connectivity index (χ0) is 18.3. The number of hydrogen-bond donors (Lipinski definition) is 1. The molecule has 0 spiro atoms. The van der Waals surface area contributed by atoms with Gasteiger partial charge in [-0.3, -0.25) is 4.79 Å². The molecule has 0 radical (unpaired) electrons. The van der Waals surface area contributed by atoms with Crippen molar-refractivity contribution >= 4 is 22.2 Å². The Kier molecular flexibility index (Phi) is 4.38. The molecule has 0 saturated heterocycles. The van der Waals surface area contributed by atoms with E-state index in [9.17, 15) is 13.6 Å². The number of allylic oxidation sites excluding steroid dienone is 1. The molecule has 0 unspecified atom stereocenters. The number of aryl methyl sites for hydroxylation is 1. The van der Waals surface area contributed by atoms with E-state index in [2.05, 4.69) is 15.5 Å². The molecule has 0 aliphatic heterocycles. The number of nitrogens with one attached hydrogen (secondary N) is 1. The van der Waals surface area contributed by atoms with E-state index < -0.39 is 5.92 Å². The lowest BCUT2D eigenvalue weighted by Crippen LogP contribution is -2.24. The van der Waals surface area contributed by atoms with Crippen LogP contribution in [0.2, 0.25) is 0 Å². The summed E-state index contributed by atoms with van der Waals surface area (Å²) < 4.78 is 33.0. The zero-order valence-electron chi connectivity index (χ0n) is 14.4. The van der Waals surface area contributed by atoms with E-state index in [-0.39, 0.29) is 31.1 Å². The first-order chi connectivity index (χ1) is 12.4. The van der Waals surface area contributed by atoms with Crippen LogP contribution in [0, 0.1) is 6.92 Å². The van der Waals surface area contributed by atoms with Crippen LogP contribution in [0.5, 0.6) is 0 Å². The molecular weight excluding hydrogens is 360 g/mol. The molecule has 1 amide bonds. The van der Waals surface area contributed by atoms with Crippen LogP contribution < -0.4 is 5.32 Å². The Labute approximate surface area is 153 Å². The number of alkyl halides is 2. The smallest absolute Gasteiger partial charge is 0.261 e. The quantitative estimate of drug-likeness (QED) is 0.841. The predicted octanol–water partition coefficient (Wildman–Crippen LogP) is 4.67. The van der Waals surface area contributed by atoms with Crippen molar-refractivity contribution in [2.24, 2.45) is 0 Å². The molecule has 2 aromatic heterocycles. The van der Waals surface area contributed by atoms with E-state index in [0.29, 0.717) is 21.3 Å². The Morgan fingerprint density at radius 3 is 2.88 bits per heavy atom. The molecule has 0 atom stereocenters. The molecule has 1 N–H and O–H groups in total. The summed E-state index contributed by atoms with van der Waals surface area (Å²) in [5.74, 6) is -2.15. The molecule has 5 nitrogen and oxygen atoms in total. The Morgan fingerprint density at radius 1 is 1.35 bits per heavy atom. The number of anilines is 1. The lowest BCUT2D eigenvalue weighted by molar-refractivity contribution is -0.113. The maximum absolute atomic E-state index is 13.8. The number of rotatable bonds is 3. The summed E-state index contributed by atoms with van der Waals surface area (Å²) in [6, 6.07) is 0. The summed E-state index contributed by atoms with van der Waals surface area (Å²) in [5.41, 5.74) is 2.14. The third-order valence-corrected chi connectivity index (χ3v) is 5.95. The van der Waals surface area contributed by atoms with Gasteiger partial charge in [0, 0.05) is 23.3 Å². The van der Waals surface area contributed by atoms with Crippen molar-refractivity contribution in [1.82, 2.24) is 10.1 Å². The number of carbonyl (C=O) groups is 1. The van der Waals surface area contributed by atoms with E-state index >= 15 is 0 Å². The number of carbonyl (C=O) groups excluding carboxylic acids is 1. The van der Waals surface area contributed by atoms with Crippen LogP contribution in [0.15, 0.2) is 16.2 Å². The summed E-state index contributed by atoms with van der Waals surface area (Å²) in [7, 11) is 0. The average molecular weight is 379 g/mol. The van der Waals surface area contributed by atoms with Gasteiger partial charge in [0.2, 0.25) is 0 Å². The second-order valence-corrected chi connectivity index (χ2v) is 7.92. The highest BCUT2D eigenvalue weighted by atomic mass is 32.1. The molecule has 138 valence electrons. The summed E-state index contributed by atoms with van der Waals surface area (Å²) in [5, 5.41) is 7.24. The summed E-state index contributed by atoms with van der Waals surface area (Å²) in [4.78, 5) is 17.4. The molecule has 8 heteroatoms. The number of hydrogen-bond acceptors (Lipinski definition) is 5. The number of halogens is 2. The molecule has 0 aromatic carbocycles. The molecule has 0 bridgehead atoms. The summed E-state index contributed by atoms with van der Waals surface area (Å²) in [6.45, 7) is 1.70. The molecule has 0 fully saturated rings. The van der Waals surface area contributed by atoms with Crippen LogP contribution in [0.4, 0.5) is 13.8 Å². The molecular formula is C18H19F2N3O2S. The van der Waals surface area contributed by atoms with E-state index in [1.165, 1.54) is 11.3 Å². The van der Waals surface area contributed by atoms with Crippen LogP contribution in [-0.2, 0) is 17.6 Å². The van der Waals surface area contributed by atoms with Gasteiger partial charge in [0.25, 0.3) is 17.7 Å². The Balaban J connectivity index is 1.72. The van der Waals surface area contributed by atoms with Crippen LogP contribution in [0.25, 0.3) is 11.5 Å². The van der Waals surface area contributed by atoms with Gasteiger partial charge in [0.05, 0.1) is 5.56 Å². The van der Waals surface area contributed by atoms with Crippen LogP contribution in [0.1, 0.15) is 48.4 Å². The van der Waals surface area contributed by atoms with Crippen LogP contribution in [0.3, 0.4) is 0 Å². The first-order valence-corrected chi connectivity index (χ1v) is 9.58. The minimum absolute atomic E-state index is 0.174. The maximum Gasteiger partial charge on any atom is 0.261 e. The molecule has 26 heavy (non-hydrogen) atoms. The van der Waals surface area contributed by atoms with Gasteiger partial charge in [-0.25, -0.2) is 8.78 Å². The predicted molar refractivity (Wildman–Crippen MR) is 94.5 cm³/mol. The molecule has 0 saturated carbocycles. The highest BCUT2D eigenvalue weighted by molar-refractivity contribution is 7.17. The van der Waals surface area contributed by atoms with Crippen molar-refractivity contribution in [2.75, 3.05) is 5.32 Å². The highest BCUT2D eigenvalue weighted by Gasteiger charge is 2.38. The second-order valence-electron chi connectivity index (χ2n) is 6.82. The van der Waals surface area contributed by atoms with Crippen molar-refractivity contribution in [3.8, 4) is 11.5 Å². The van der Waals surface area contributed by atoms with E-state index in [1.807, 2.05) is 6.08 Å². The lowest BCUT2D eigenvalue weighted by atomic mass is 9.92.